The SMILES string of the molecule is CC(C)[C@H]1N[C@H]1C(=O)OCc1ccccc1. The van der Waals surface area contributed by atoms with Gasteiger partial charge in [-0.1, -0.05) is 44.2 Å². The molecule has 3 nitrogen and oxygen atoms in total. The first-order valence-corrected chi connectivity index (χ1v) is 5.65. The summed E-state index contributed by atoms with van der Waals surface area (Å²) in [6.07, 6.45) is 0. The molecule has 1 saturated heterocycles. The Balaban J connectivity index is 1.78. The lowest BCUT2D eigenvalue weighted by Crippen LogP contribution is -2.16. The molecule has 1 fully saturated rings. The molecule has 1 aromatic rings. The van der Waals surface area contributed by atoms with Crippen molar-refractivity contribution in [3.05, 3.63) is 35.9 Å². The number of carbonyl (C=O) groups excluding carboxylic acids is 1. The standard InChI is InChI=1S/C13H17NO2/c1-9(2)11-12(14-11)13(15)16-8-10-6-4-3-5-7-10/h3-7,9,11-12,14H,8H2,1-2H3/t11-,12-/m1/s1. The summed E-state index contributed by atoms with van der Waals surface area (Å²) in [5, 5.41) is 3.13. The summed E-state index contributed by atoms with van der Waals surface area (Å²) in [6, 6.07) is 9.93. The van der Waals surface area contributed by atoms with Crippen LogP contribution in [0.15, 0.2) is 30.3 Å². The third-order valence-corrected chi connectivity index (χ3v) is 2.82. The number of nitrogens with one attached hydrogen (secondary N) is 1. The van der Waals surface area contributed by atoms with E-state index in [9.17, 15) is 4.79 Å². The molecule has 1 N–H and O–H groups in total. The quantitative estimate of drug-likeness (QED) is 0.619. The molecule has 0 amide bonds. The van der Waals surface area contributed by atoms with E-state index in [1.54, 1.807) is 0 Å². The number of esters is 1. The molecule has 1 heterocycles. The molecule has 1 aliphatic rings. The minimum atomic E-state index is -0.137. The molecule has 0 saturated carbocycles. The molecule has 0 spiro atoms. The van der Waals surface area contributed by atoms with Gasteiger partial charge < -0.3 is 4.74 Å². The summed E-state index contributed by atoms with van der Waals surface area (Å²) in [7, 11) is 0. The summed E-state index contributed by atoms with van der Waals surface area (Å²) >= 11 is 0. The molecule has 0 radical (unpaired) electrons. The highest BCUT2D eigenvalue weighted by Crippen LogP contribution is 2.21. The number of benzene rings is 1. The highest BCUT2D eigenvalue weighted by molar-refractivity contribution is 5.80. The Morgan fingerprint density at radius 1 is 1.38 bits per heavy atom. The highest BCUT2D eigenvalue weighted by atomic mass is 16.5. The Morgan fingerprint density at radius 3 is 2.62 bits per heavy atom. The number of ether oxygens (including phenoxy) is 1. The lowest BCUT2D eigenvalue weighted by molar-refractivity contribution is -0.144. The summed E-state index contributed by atoms with van der Waals surface area (Å²) in [5.41, 5.74) is 1.03. The zero-order valence-corrected chi connectivity index (χ0v) is 9.64. The lowest BCUT2D eigenvalue weighted by Gasteiger charge is -2.04. The van der Waals surface area contributed by atoms with Crippen LogP contribution in [0.4, 0.5) is 0 Å². The maximum atomic E-state index is 11.6. The van der Waals surface area contributed by atoms with Gasteiger partial charge in [-0.05, 0) is 11.5 Å². The molecule has 0 bridgehead atoms. The summed E-state index contributed by atoms with van der Waals surface area (Å²) in [4.78, 5) is 11.6. The van der Waals surface area contributed by atoms with Gasteiger partial charge in [0.25, 0.3) is 0 Å². The second kappa shape index (κ2) is 4.66. The smallest absolute Gasteiger partial charge is 0.325 e. The average Bonchev–Trinajstić information content (AvgIpc) is 3.07. The van der Waals surface area contributed by atoms with Crippen molar-refractivity contribution in [2.75, 3.05) is 0 Å². The van der Waals surface area contributed by atoms with Crippen LogP contribution in [0.5, 0.6) is 0 Å². The molecule has 0 aliphatic carbocycles. The van der Waals surface area contributed by atoms with Crippen LogP contribution in [0, 0.1) is 5.92 Å². The summed E-state index contributed by atoms with van der Waals surface area (Å²) < 4.78 is 5.23. The maximum Gasteiger partial charge on any atom is 0.325 e. The molecule has 1 aliphatic heterocycles. The lowest BCUT2D eigenvalue weighted by atomic mass is 10.1. The van der Waals surface area contributed by atoms with Crippen molar-refractivity contribution in [1.29, 1.82) is 0 Å². The predicted molar refractivity (Wildman–Crippen MR) is 61.8 cm³/mol. The predicted octanol–water partition coefficient (Wildman–Crippen LogP) is 1.73. The van der Waals surface area contributed by atoms with E-state index in [4.69, 9.17) is 4.74 Å². The van der Waals surface area contributed by atoms with Gasteiger partial charge in [-0.15, -0.1) is 0 Å². The molecule has 3 heteroatoms. The third-order valence-electron chi connectivity index (χ3n) is 2.82. The van der Waals surface area contributed by atoms with E-state index >= 15 is 0 Å². The van der Waals surface area contributed by atoms with Crippen molar-refractivity contribution in [3.63, 3.8) is 0 Å². The Hall–Kier alpha value is -1.35. The van der Waals surface area contributed by atoms with E-state index in [-0.39, 0.29) is 12.0 Å². The van der Waals surface area contributed by atoms with Gasteiger partial charge >= 0.3 is 5.97 Å². The van der Waals surface area contributed by atoms with Gasteiger partial charge in [0.1, 0.15) is 12.6 Å². The van der Waals surface area contributed by atoms with Crippen LogP contribution in [0.25, 0.3) is 0 Å². The fraction of sp³-hybridized carbons (Fsp3) is 0.462. The minimum Gasteiger partial charge on any atom is -0.460 e. The number of carbonyl (C=O) groups is 1. The first-order chi connectivity index (χ1) is 7.68. The van der Waals surface area contributed by atoms with Crippen LogP contribution in [0.2, 0.25) is 0 Å². The third kappa shape index (κ3) is 2.61. The van der Waals surface area contributed by atoms with Crippen LogP contribution in [0.1, 0.15) is 19.4 Å². The topological polar surface area (TPSA) is 48.2 Å². The minimum absolute atomic E-state index is 0.0938. The van der Waals surface area contributed by atoms with Crippen molar-refractivity contribution in [2.24, 2.45) is 5.92 Å². The molecule has 0 aromatic heterocycles. The monoisotopic (exact) mass is 219 g/mol. The van der Waals surface area contributed by atoms with Crippen molar-refractivity contribution < 1.29 is 9.53 Å². The second-order valence-corrected chi connectivity index (χ2v) is 4.51. The summed E-state index contributed by atoms with van der Waals surface area (Å²) in [5.74, 6) is 0.344. The largest absolute Gasteiger partial charge is 0.460 e. The van der Waals surface area contributed by atoms with Crippen molar-refractivity contribution in [1.82, 2.24) is 5.32 Å². The first kappa shape index (κ1) is 11.1. The Bertz CT molecular complexity index is 361. The fourth-order valence-corrected chi connectivity index (χ4v) is 1.76. The Labute approximate surface area is 95.8 Å². The molecule has 0 unspecified atom stereocenters. The average molecular weight is 219 g/mol. The van der Waals surface area contributed by atoms with Crippen LogP contribution < -0.4 is 5.32 Å². The van der Waals surface area contributed by atoms with E-state index < -0.39 is 0 Å². The molecule has 86 valence electrons. The van der Waals surface area contributed by atoms with Crippen LogP contribution in [-0.2, 0) is 16.1 Å². The van der Waals surface area contributed by atoms with Gasteiger partial charge in [-0.2, -0.15) is 0 Å². The number of rotatable bonds is 4. The molecular weight excluding hydrogens is 202 g/mol. The van der Waals surface area contributed by atoms with Crippen molar-refractivity contribution in [3.8, 4) is 0 Å². The van der Waals surface area contributed by atoms with E-state index in [0.717, 1.165) is 5.56 Å². The van der Waals surface area contributed by atoms with Crippen molar-refractivity contribution in [2.45, 2.75) is 32.5 Å². The molecule has 16 heavy (non-hydrogen) atoms. The zero-order valence-electron chi connectivity index (χ0n) is 9.64. The Morgan fingerprint density at radius 2 is 2.06 bits per heavy atom. The van der Waals surface area contributed by atoms with Gasteiger partial charge in [-0.3, -0.25) is 10.1 Å². The molecule has 1 aromatic carbocycles. The van der Waals surface area contributed by atoms with E-state index in [1.165, 1.54) is 0 Å². The normalized spacial score (nSPS) is 23.2. The van der Waals surface area contributed by atoms with Crippen LogP contribution in [-0.4, -0.2) is 18.1 Å². The first-order valence-electron chi connectivity index (χ1n) is 5.65. The van der Waals surface area contributed by atoms with Crippen molar-refractivity contribution >= 4 is 5.97 Å². The van der Waals surface area contributed by atoms with Gasteiger partial charge in [-0.25, -0.2) is 0 Å². The van der Waals surface area contributed by atoms with Gasteiger partial charge in [0.2, 0.25) is 0 Å². The summed E-state index contributed by atoms with van der Waals surface area (Å²) in [6.45, 7) is 4.56. The van der Waals surface area contributed by atoms with Gasteiger partial charge in [0.05, 0.1) is 0 Å². The van der Waals surface area contributed by atoms with Gasteiger partial charge in [0.15, 0.2) is 0 Å². The molecule has 2 atom stereocenters. The maximum absolute atomic E-state index is 11.6. The molecular formula is C13H17NO2. The van der Waals surface area contributed by atoms with Crippen LogP contribution >= 0.6 is 0 Å². The van der Waals surface area contributed by atoms with E-state index in [1.807, 2.05) is 30.3 Å². The number of hydrogen-bond donors (Lipinski definition) is 1. The zero-order chi connectivity index (χ0) is 11.5. The van der Waals surface area contributed by atoms with E-state index in [0.29, 0.717) is 18.6 Å². The van der Waals surface area contributed by atoms with E-state index in [2.05, 4.69) is 19.2 Å². The highest BCUT2D eigenvalue weighted by Gasteiger charge is 2.45. The molecule has 2 rings (SSSR count). The Kier molecular flexibility index (Phi) is 3.25. The second-order valence-electron chi connectivity index (χ2n) is 4.51. The van der Waals surface area contributed by atoms with Crippen LogP contribution in [0.3, 0.4) is 0 Å². The fourth-order valence-electron chi connectivity index (χ4n) is 1.76. The number of hydrogen-bond acceptors (Lipinski definition) is 3. The van der Waals surface area contributed by atoms with Gasteiger partial charge in [0, 0.05) is 6.04 Å².